The van der Waals surface area contributed by atoms with Crippen LogP contribution >= 0.6 is 22.9 Å². The average Bonchev–Trinajstić information content (AvgIpc) is 2.97. The highest BCUT2D eigenvalue weighted by Crippen LogP contribution is 2.30. The fraction of sp³-hybridized carbons (Fsp3) is 0.176. The van der Waals surface area contributed by atoms with E-state index in [0.29, 0.717) is 11.6 Å². The summed E-state index contributed by atoms with van der Waals surface area (Å²) in [4.78, 5) is 0. The molecule has 2 aromatic carbocycles. The lowest BCUT2D eigenvalue weighted by atomic mass is 10.2. The van der Waals surface area contributed by atoms with E-state index < -0.39 is 0 Å². The van der Waals surface area contributed by atoms with Gasteiger partial charge in [-0.1, -0.05) is 29.8 Å². The first-order chi connectivity index (χ1) is 10.3. The van der Waals surface area contributed by atoms with Crippen LogP contribution in [0, 0.1) is 0 Å². The van der Waals surface area contributed by atoms with Gasteiger partial charge < -0.3 is 10.1 Å². The highest BCUT2D eigenvalue weighted by atomic mass is 35.5. The molecular formula is C17H16ClNOS. The van der Waals surface area contributed by atoms with Crippen LogP contribution < -0.4 is 10.1 Å². The maximum atomic E-state index is 6.22. The third-order valence-corrected chi connectivity index (χ3v) is 4.52. The molecule has 0 spiro atoms. The van der Waals surface area contributed by atoms with E-state index in [9.17, 15) is 0 Å². The fourth-order valence-electron chi connectivity index (χ4n) is 2.26. The molecule has 0 atom stereocenters. The summed E-state index contributed by atoms with van der Waals surface area (Å²) in [5.74, 6) is 0.739. The van der Waals surface area contributed by atoms with Gasteiger partial charge in [-0.25, -0.2) is 0 Å². The van der Waals surface area contributed by atoms with E-state index in [1.807, 2.05) is 25.1 Å². The highest BCUT2D eigenvalue weighted by molar-refractivity contribution is 7.17. The molecule has 0 unspecified atom stereocenters. The van der Waals surface area contributed by atoms with E-state index in [0.717, 1.165) is 23.5 Å². The number of rotatable bonds is 5. The topological polar surface area (TPSA) is 21.3 Å². The van der Waals surface area contributed by atoms with Crippen molar-refractivity contribution in [2.75, 3.05) is 11.9 Å². The second-order valence-electron chi connectivity index (χ2n) is 4.70. The van der Waals surface area contributed by atoms with Crippen molar-refractivity contribution in [1.82, 2.24) is 0 Å². The van der Waals surface area contributed by atoms with Gasteiger partial charge in [0.25, 0.3) is 0 Å². The van der Waals surface area contributed by atoms with Crippen molar-refractivity contribution in [2.45, 2.75) is 13.5 Å². The molecule has 108 valence electrons. The third kappa shape index (κ3) is 3.14. The van der Waals surface area contributed by atoms with Crippen LogP contribution in [0.2, 0.25) is 5.02 Å². The van der Waals surface area contributed by atoms with Gasteiger partial charge in [-0.05, 0) is 47.5 Å². The van der Waals surface area contributed by atoms with Crippen molar-refractivity contribution in [3.63, 3.8) is 0 Å². The van der Waals surface area contributed by atoms with Gasteiger partial charge in [-0.2, -0.15) is 0 Å². The second-order valence-corrected chi connectivity index (χ2v) is 6.02. The zero-order valence-electron chi connectivity index (χ0n) is 11.7. The molecule has 0 bridgehead atoms. The van der Waals surface area contributed by atoms with Crippen LogP contribution in [0.25, 0.3) is 10.1 Å². The van der Waals surface area contributed by atoms with E-state index >= 15 is 0 Å². The number of anilines is 1. The Kier molecular flexibility index (Phi) is 4.32. The van der Waals surface area contributed by atoms with Crippen LogP contribution in [-0.4, -0.2) is 6.61 Å². The van der Waals surface area contributed by atoms with Gasteiger partial charge in [0.2, 0.25) is 0 Å². The minimum Gasteiger partial charge on any atom is -0.492 e. The molecule has 2 nitrogen and oxygen atoms in total. The average molecular weight is 318 g/mol. The van der Waals surface area contributed by atoms with Crippen molar-refractivity contribution in [1.29, 1.82) is 0 Å². The predicted octanol–water partition coefficient (Wildman–Crippen LogP) is 5.57. The first-order valence-electron chi connectivity index (χ1n) is 6.89. The maximum Gasteiger partial charge on any atom is 0.137 e. The highest BCUT2D eigenvalue weighted by Gasteiger charge is 2.04. The molecule has 3 rings (SSSR count). The van der Waals surface area contributed by atoms with E-state index in [2.05, 4.69) is 35.0 Å². The zero-order chi connectivity index (χ0) is 14.7. The molecule has 4 heteroatoms. The van der Waals surface area contributed by atoms with Crippen LogP contribution in [0.3, 0.4) is 0 Å². The molecule has 1 N–H and O–H groups in total. The Bertz CT molecular complexity index is 753. The summed E-state index contributed by atoms with van der Waals surface area (Å²) in [5, 5.41) is 7.53. The van der Waals surface area contributed by atoms with E-state index in [1.165, 1.54) is 10.1 Å². The monoisotopic (exact) mass is 317 g/mol. The first kappa shape index (κ1) is 14.2. The van der Waals surface area contributed by atoms with Gasteiger partial charge in [-0.3, -0.25) is 0 Å². The molecular weight excluding hydrogens is 302 g/mol. The standard InChI is InChI=1S/C17H16ClNOS/c1-2-20-16-7-6-12(10-14(16)18)11-19-15-5-3-4-13-8-9-21-17(13)15/h3-10,19H,2,11H2,1H3. The fourth-order valence-corrected chi connectivity index (χ4v) is 3.40. The molecule has 0 amide bonds. The van der Waals surface area contributed by atoms with Gasteiger partial charge in [0.05, 0.1) is 22.0 Å². The Hall–Kier alpha value is -1.71. The molecule has 0 aliphatic carbocycles. The van der Waals surface area contributed by atoms with E-state index in [1.54, 1.807) is 11.3 Å². The molecule has 0 saturated carbocycles. The maximum absolute atomic E-state index is 6.22. The van der Waals surface area contributed by atoms with Crippen LogP contribution in [0.4, 0.5) is 5.69 Å². The van der Waals surface area contributed by atoms with Crippen molar-refractivity contribution in [3.05, 3.63) is 58.4 Å². The smallest absolute Gasteiger partial charge is 0.137 e. The molecule has 21 heavy (non-hydrogen) atoms. The molecule has 1 heterocycles. The number of ether oxygens (including phenoxy) is 1. The molecule has 0 aliphatic rings. The molecule has 0 aliphatic heterocycles. The lowest BCUT2D eigenvalue weighted by Gasteiger charge is -2.10. The number of hydrogen-bond acceptors (Lipinski definition) is 3. The summed E-state index contributed by atoms with van der Waals surface area (Å²) in [6.45, 7) is 3.31. The zero-order valence-corrected chi connectivity index (χ0v) is 13.3. The number of thiophene rings is 1. The predicted molar refractivity (Wildman–Crippen MR) is 91.8 cm³/mol. The number of hydrogen-bond donors (Lipinski definition) is 1. The minimum absolute atomic E-state index is 0.623. The summed E-state index contributed by atoms with van der Waals surface area (Å²) < 4.78 is 6.74. The molecule has 3 aromatic rings. The van der Waals surface area contributed by atoms with Crippen molar-refractivity contribution >= 4 is 38.7 Å². The van der Waals surface area contributed by atoms with Crippen molar-refractivity contribution in [3.8, 4) is 5.75 Å². The normalized spacial score (nSPS) is 10.8. The lowest BCUT2D eigenvalue weighted by Crippen LogP contribution is -2.00. The van der Waals surface area contributed by atoms with Gasteiger partial charge in [0.1, 0.15) is 5.75 Å². The molecule has 0 saturated heterocycles. The summed E-state index contributed by atoms with van der Waals surface area (Å²) in [6.07, 6.45) is 0. The van der Waals surface area contributed by atoms with Crippen LogP contribution in [-0.2, 0) is 6.54 Å². The Morgan fingerprint density at radius 1 is 1.19 bits per heavy atom. The van der Waals surface area contributed by atoms with Gasteiger partial charge in [0, 0.05) is 6.54 Å². The van der Waals surface area contributed by atoms with Crippen LogP contribution in [0.5, 0.6) is 5.75 Å². The number of nitrogens with one attached hydrogen (secondary N) is 1. The van der Waals surface area contributed by atoms with Gasteiger partial charge in [-0.15, -0.1) is 11.3 Å². The first-order valence-corrected chi connectivity index (χ1v) is 8.15. The molecule has 1 aromatic heterocycles. The second kappa shape index (κ2) is 6.37. The number of halogens is 1. The Morgan fingerprint density at radius 3 is 2.90 bits per heavy atom. The number of benzene rings is 2. The number of fused-ring (bicyclic) bond motifs is 1. The van der Waals surface area contributed by atoms with Crippen molar-refractivity contribution in [2.24, 2.45) is 0 Å². The van der Waals surface area contributed by atoms with Crippen LogP contribution in [0.1, 0.15) is 12.5 Å². The van der Waals surface area contributed by atoms with E-state index in [4.69, 9.17) is 16.3 Å². The summed E-state index contributed by atoms with van der Waals surface area (Å²) in [5.41, 5.74) is 2.30. The molecule has 0 fully saturated rings. The van der Waals surface area contributed by atoms with Crippen molar-refractivity contribution < 1.29 is 4.74 Å². The van der Waals surface area contributed by atoms with Gasteiger partial charge in [0.15, 0.2) is 0 Å². The largest absolute Gasteiger partial charge is 0.492 e. The Morgan fingerprint density at radius 2 is 2.10 bits per heavy atom. The quantitative estimate of drug-likeness (QED) is 0.664. The SMILES string of the molecule is CCOc1ccc(CNc2cccc3ccsc23)cc1Cl. The summed E-state index contributed by atoms with van der Waals surface area (Å²) >= 11 is 7.97. The minimum atomic E-state index is 0.623. The van der Waals surface area contributed by atoms with Crippen LogP contribution in [0.15, 0.2) is 47.8 Å². The van der Waals surface area contributed by atoms with Gasteiger partial charge >= 0.3 is 0 Å². The summed E-state index contributed by atoms with van der Waals surface area (Å²) in [6, 6.07) is 14.4. The molecule has 0 radical (unpaired) electrons. The summed E-state index contributed by atoms with van der Waals surface area (Å²) in [7, 11) is 0. The van der Waals surface area contributed by atoms with E-state index in [-0.39, 0.29) is 0 Å². The third-order valence-electron chi connectivity index (χ3n) is 3.26. The Labute approximate surface area is 133 Å². The Balaban J connectivity index is 1.75. The lowest BCUT2D eigenvalue weighted by molar-refractivity contribution is 0.340.